The zero-order valence-electron chi connectivity index (χ0n) is 20.0. The lowest BCUT2D eigenvalue weighted by Crippen LogP contribution is -2.28. The van der Waals surface area contributed by atoms with Gasteiger partial charge in [-0.2, -0.15) is 0 Å². The van der Waals surface area contributed by atoms with E-state index in [1.165, 1.54) is 0 Å². The summed E-state index contributed by atoms with van der Waals surface area (Å²) in [7, 11) is 1.55. The second-order valence-electron chi connectivity index (χ2n) is 8.48. The normalized spacial score (nSPS) is 11.2. The molecule has 0 radical (unpaired) electrons. The van der Waals surface area contributed by atoms with Crippen LogP contribution in [0.2, 0.25) is 0 Å². The van der Waals surface area contributed by atoms with Gasteiger partial charge in [0.1, 0.15) is 5.75 Å². The summed E-state index contributed by atoms with van der Waals surface area (Å²) in [4.78, 5) is 24.2. The molecule has 0 spiro atoms. The molecule has 6 nitrogen and oxygen atoms in total. The largest absolute Gasteiger partial charge is 0.496 e. The molecule has 2 aromatic carbocycles. The fourth-order valence-corrected chi connectivity index (χ4v) is 4.22. The van der Waals surface area contributed by atoms with Crippen molar-refractivity contribution >= 4 is 22.8 Å². The molecule has 0 fully saturated rings. The molecule has 3 aromatic rings. The Labute approximate surface area is 195 Å². The van der Waals surface area contributed by atoms with Gasteiger partial charge in [0.25, 0.3) is 5.91 Å². The SMILES string of the molecule is CCCn1cc(Cc2ccc(C(=O)O)cc2OC)c2cc(C(=O)NCC(CC)CC)ccc21. The highest BCUT2D eigenvalue weighted by Crippen LogP contribution is 2.29. The molecular weight excluding hydrogens is 416 g/mol. The summed E-state index contributed by atoms with van der Waals surface area (Å²) < 4.78 is 7.69. The number of aryl methyl sites for hydroxylation is 1. The van der Waals surface area contributed by atoms with E-state index in [9.17, 15) is 14.7 Å². The lowest BCUT2D eigenvalue weighted by atomic mass is 10.0. The van der Waals surface area contributed by atoms with E-state index < -0.39 is 5.97 Å². The van der Waals surface area contributed by atoms with Crippen molar-refractivity contribution < 1.29 is 19.4 Å². The van der Waals surface area contributed by atoms with E-state index in [0.717, 1.165) is 47.8 Å². The van der Waals surface area contributed by atoms with Gasteiger partial charge in [-0.05, 0) is 53.8 Å². The Hall–Kier alpha value is -3.28. The zero-order valence-corrected chi connectivity index (χ0v) is 20.0. The Morgan fingerprint density at radius 1 is 1.03 bits per heavy atom. The highest BCUT2D eigenvalue weighted by atomic mass is 16.5. The molecule has 0 unspecified atom stereocenters. The van der Waals surface area contributed by atoms with Gasteiger partial charge in [-0.3, -0.25) is 4.79 Å². The second-order valence-corrected chi connectivity index (χ2v) is 8.48. The summed E-state index contributed by atoms with van der Waals surface area (Å²) in [5.74, 6) is -0.00435. The summed E-state index contributed by atoms with van der Waals surface area (Å²) >= 11 is 0. The Bertz CT molecular complexity index is 1130. The van der Waals surface area contributed by atoms with Crippen molar-refractivity contribution in [1.82, 2.24) is 9.88 Å². The highest BCUT2D eigenvalue weighted by molar-refractivity contribution is 5.99. The number of carbonyl (C=O) groups is 2. The molecule has 0 saturated heterocycles. The van der Waals surface area contributed by atoms with Gasteiger partial charge in [-0.15, -0.1) is 0 Å². The van der Waals surface area contributed by atoms with Gasteiger partial charge in [0.15, 0.2) is 0 Å². The minimum absolute atomic E-state index is 0.0543. The fraction of sp³-hybridized carbons (Fsp3) is 0.407. The molecule has 3 rings (SSSR count). The van der Waals surface area contributed by atoms with Gasteiger partial charge in [-0.1, -0.05) is 39.7 Å². The molecule has 1 heterocycles. The minimum atomic E-state index is -0.983. The molecule has 0 aliphatic carbocycles. The van der Waals surface area contributed by atoms with Crippen LogP contribution in [0.4, 0.5) is 0 Å². The van der Waals surface area contributed by atoms with Crippen LogP contribution in [-0.2, 0) is 13.0 Å². The number of nitrogens with one attached hydrogen (secondary N) is 1. The van der Waals surface area contributed by atoms with Gasteiger partial charge < -0.3 is 19.7 Å². The molecule has 0 aliphatic rings. The Kier molecular flexibility index (Phi) is 8.15. The Balaban J connectivity index is 1.96. The molecule has 2 N–H and O–H groups in total. The lowest BCUT2D eigenvalue weighted by molar-refractivity contribution is 0.0696. The number of hydrogen-bond donors (Lipinski definition) is 2. The Morgan fingerprint density at radius 3 is 2.39 bits per heavy atom. The molecule has 0 saturated carbocycles. The average molecular weight is 451 g/mol. The maximum atomic E-state index is 12.8. The van der Waals surface area contributed by atoms with E-state index in [1.807, 2.05) is 18.2 Å². The Morgan fingerprint density at radius 2 is 1.76 bits per heavy atom. The lowest BCUT2D eigenvalue weighted by Gasteiger charge is -2.13. The zero-order chi connectivity index (χ0) is 24.0. The van der Waals surface area contributed by atoms with Gasteiger partial charge in [0, 0.05) is 42.2 Å². The summed E-state index contributed by atoms with van der Waals surface area (Å²) in [5.41, 5.74) is 3.91. The standard InChI is InChI=1S/C27H34N2O4/c1-5-12-29-17-22(13-19-8-9-21(27(31)32)15-25(19)33-4)23-14-20(10-11-24(23)29)26(30)28-16-18(6-2)7-3/h8-11,14-15,17-18H,5-7,12-13,16H2,1-4H3,(H,28,30)(H,31,32). The highest BCUT2D eigenvalue weighted by Gasteiger charge is 2.16. The van der Waals surface area contributed by atoms with Crippen LogP contribution in [0.25, 0.3) is 10.9 Å². The summed E-state index contributed by atoms with van der Waals surface area (Å²) in [5, 5.41) is 13.4. The van der Waals surface area contributed by atoms with Crippen molar-refractivity contribution in [3.8, 4) is 5.75 Å². The van der Waals surface area contributed by atoms with Crippen molar-refractivity contribution in [2.24, 2.45) is 5.92 Å². The average Bonchev–Trinajstić information content (AvgIpc) is 3.16. The molecule has 1 amide bonds. The van der Waals surface area contributed by atoms with Gasteiger partial charge in [0.2, 0.25) is 0 Å². The number of carboxylic acids is 1. The number of nitrogens with zero attached hydrogens (tertiary/aromatic N) is 1. The van der Waals surface area contributed by atoms with Crippen molar-refractivity contribution in [3.63, 3.8) is 0 Å². The van der Waals surface area contributed by atoms with Crippen molar-refractivity contribution in [2.45, 2.75) is 53.0 Å². The smallest absolute Gasteiger partial charge is 0.335 e. The van der Waals surface area contributed by atoms with E-state index in [1.54, 1.807) is 25.3 Å². The molecule has 1 aromatic heterocycles. The quantitative estimate of drug-likeness (QED) is 0.403. The van der Waals surface area contributed by atoms with E-state index >= 15 is 0 Å². The minimum Gasteiger partial charge on any atom is -0.496 e. The summed E-state index contributed by atoms with van der Waals surface area (Å²) in [6, 6.07) is 10.8. The topological polar surface area (TPSA) is 80.6 Å². The molecule has 0 atom stereocenters. The molecule has 176 valence electrons. The number of benzene rings is 2. The summed E-state index contributed by atoms with van der Waals surface area (Å²) in [6.07, 6.45) is 5.79. The third-order valence-electron chi connectivity index (χ3n) is 6.31. The summed E-state index contributed by atoms with van der Waals surface area (Å²) in [6.45, 7) is 7.99. The molecule has 6 heteroatoms. The maximum absolute atomic E-state index is 12.8. The van der Waals surface area contributed by atoms with Gasteiger partial charge in [0.05, 0.1) is 12.7 Å². The van der Waals surface area contributed by atoms with Crippen LogP contribution in [0.5, 0.6) is 5.75 Å². The predicted octanol–water partition coefficient (Wildman–Crippen LogP) is 5.51. The van der Waals surface area contributed by atoms with Gasteiger partial charge in [-0.25, -0.2) is 4.79 Å². The van der Waals surface area contributed by atoms with Gasteiger partial charge >= 0.3 is 5.97 Å². The number of rotatable bonds is 11. The van der Waals surface area contributed by atoms with Crippen LogP contribution < -0.4 is 10.1 Å². The number of ether oxygens (including phenoxy) is 1. The van der Waals surface area contributed by atoms with Crippen molar-refractivity contribution in [1.29, 1.82) is 0 Å². The first-order valence-electron chi connectivity index (χ1n) is 11.7. The third kappa shape index (κ3) is 5.56. The van der Waals surface area contributed by atoms with Crippen molar-refractivity contribution in [2.75, 3.05) is 13.7 Å². The van der Waals surface area contributed by atoms with E-state index in [2.05, 4.69) is 36.9 Å². The van der Waals surface area contributed by atoms with E-state index in [0.29, 0.717) is 30.2 Å². The number of aromatic nitrogens is 1. The molecule has 0 bridgehead atoms. The number of fused-ring (bicyclic) bond motifs is 1. The van der Waals surface area contributed by atoms with Crippen LogP contribution in [0.1, 0.15) is 71.9 Å². The van der Waals surface area contributed by atoms with E-state index in [4.69, 9.17) is 4.74 Å². The first-order valence-corrected chi connectivity index (χ1v) is 11.7. The number of amides is 1. The predicted molar refractivity (Wildman–Crippen MR) is 131 cm³/mol. The number of aromatic carboxylic acids is 1. The monoisotopic (exact) mass is 450 g/mol. The second kappa shape index (κ2) is 11.0. The fourth-order valence-electron chi connectivity index (χ4n) is 4.22. The molecule has 0 aliphatic heterocycles. The van der Waals surface area contributed by atoms with Crippen LogP contribution in [-0.4, -0.2) is 35.2 Å². The number of carboxylic acid groups (broad SMARTS) is 1. The first-order chi connectivity index (χ1) is 15.9. The first kappa shape index (κ1) is 24.4. The molecular formula is C27H34N2O4. The third-order valence-corrected chi connectivity index (χ3v) is 6.31. The molecule has 33 heavy (non-hydrogen) atoms. The number of carbonyl (C=O) groups excluding carboxylic acids is 1. The van der Waals surface area contributed by atoms with Crippen LogP contribution in [0, 0.1) is 5.92 Å². The van der Waals surface area contributed by atoms with Crippen LogP contribution >= 0.6 is 0 Å². The maximum Gasteiger partial charge on any atom is 0.335 e. The van der Waals surface area contributed by atoms with E-state index in [-0.39, 0.29) is 11.5 Å². The number of methoxy groups -OCH3 is 1. The number of hydrogen-bond acceptors (Lipinski definition) is 3. The van der Waals surface area contributed by atoms with Crippen LogP contribution in [0.15, 0.2) is 42.6 Å². The van der Waals surface area contributed by atoms with Crippen molar-refractivity contribution in [3.05, 3.63) is 64.8 Å². The van der Waals surface area contributed by atoms with Crippen LogP contribution in [0.3, 0.4) is 0 Å².